The summed E-state index contributed by atoms with van der Waals surface area (Å²) < 4.78 is 0. The van der Waals surface area contributed by atoms with Crippen LogP contribution in [0.4, 0.5) is 0 Å². The SMILES string of the molecule is [Ni].c1ccc(P([CH-]CP(c2ccccc2)c2ccccc2)c2ccccc2)cc1. The van der Waals surface area contributed by atoms with E-state index in [4.69, 9.17) is 0 Å². The second kappa shape index (κ2) is 11.4. The van der Waals surface area contributed by atoms with E-state index in [1.165, 1.54) is 21.2 Å². The average Bonchev–Trinajstić information content (AvgIpc) is 2.79. The van der Waals surface area contributed by atoms with Gasteiger partial charge in [-0.05, 0) is 10.6 Å². The molecule has 0 spiro atoms. The van der Waals surface area contributed by atoms with Crippen molar-refractivity contribution in [3.05, 3.63) is 127 Å². The molecule has 0 aliphatic rings. The van der Waals surface area contributed by atoms with Crippen molar-refractivity contribution in [2.24, 2.45) is 0 Å². The number of rotatable bonds is 7. The van der Waals surface area contributed by atoms with Crippen LogP contribution in [0.5, 0.6) is 0 Å². The van der Waals surface area contributed by atoms with Gasteiger partial charge in [0.2, 0.25) is 0 Å². The molecule has 0 fully saturated rings. The van der Waals surface area contributed by atoms with Gasteiger partial charge in [-0.1, -0.05) is 140 Å². The topological polar surface area (TPSA) is 0 Å². The summed E-state index contributed by atoms with van der Waals surface area (Å²) in [4.78, 5) is 0. The van der Waals surface area contributed by atoms with Gasteiger partial charge in [-0.15, -0.1) is 6.16 Å². The summed E-state index contributed by atoms with van der Waals surface area (Å²) in [6.07, 6.45) is 3.66. The molecule has 0 atom stereocenters. The van der Waals surface area contributed by atoms with Gasteiger partial charge in [0.1, 0.15) is 0 Å². The van der Waals surface area contributed by atoms with Gasteiger partial charge in [-0.25, -0.2) is 7.92 Å². The van der Waals surface area contributed by atoms with E-state index >= 15 is 0 Å². The molecule has 0 saturated carbocycles. The first-order valence-corrected chi connectivity index (χ1v) is 12.5. The molecule has 0 bridgehead atoms. The molecule has 0 N–H and O–H groups in total. The molecular formula is C26H23NiP2-. The van der Waals surface area contributed by atoms with Crippen LogP contribution >= 0.6 is 15.8 Å². The minimum Gasteiger partial charge on any atom is -0.289 e. The second-order valence-corrected chi connectivity index (χ2v) is 10.9. The van der Waals surface area contributed by atoms with Crippen LogP contribution in [0.1, 0.15) is 0 Å². The summed E-state index contributed by atoms with van der Waals surface area (Å²) in [5.41, 5.74) is 0. The Hall–Kier alpha value is -1.77. The van der Waals surface area contributed by atoms with Crippen molar-refractivity contribution in [3.63, 3.8) is 0 Å². The molecule has 148 valence electrons. The first kappa shape index (κ1) is 21.9. The Morgan fingerprint density at radius 1 is 0.448 bits per heavy atom. The van der Waals surface area contributed by atoms with E-state index in [2.05, 4.69) is 127 Å². The van der Waals surface area contributed by atoms with Gasteiger partial charge in [-0.2, -0.15) is 0 Å². The van der Waals surface area contributed by atoms with Crippen LogP contribution in [0.25, 0.3) is 0 Å². The first-order valence-electron chi connectivity index (χ1n) is 9.52. The number of hydrogen-bond donors (Lipinski definition) is 0. The van der Waals surface area contributed by atoms with Crippen LogP contribution in [-0.4, -0.2) is 6.16 Å². The Morgan fingerprint density at radius 2 is 0.759 bits per heavy atom. The molecule has 29 heavy (non-hydrogen) atoms. The molecule has 0 aromatic heterocycles. The summed E-state index contributed by atoms with van der Waals surface area (Å²) in [5.74, 6) is 0. The van der Waals surface area contributed by atoms with Crippen molar-refractivity contribution in [1.29, 1.82) is 0 Å². The first-order chi connectivity index (χ1) is 13.9. The zero-order chi connectivity index (χ0) is 19.0. The predicted molar refractivity (Wildman–Crippen MR) is 127 cm³/mol. The molecule has 4 aromatic rings. The molecule has 0 unspecified atom stereocenters. The maximum absolute atomic E-state index is 2.58. The Labute approximate surface area is 186 Å². The summed E-state index contributed by atoms with van der Waals surface area (Å²) in [5, 5.41) is 5.71. The largest absolute Gasteiger partial charge is 0.289 e. The van der Waals surface area contributed by atoms with Crippen molar-refractivity contribution in [1.82, 2.24) is 0 Å². The fraction of sp³-hybridized carbons (Fsp3) is 0.0385. The molecule has 0 aliphatic carbocycles. The molecule has 0 nitrogen and oxygen atoms in total. The predicted octanol–water partition coefficient (Wildman–Crippen LogP) is 5.41. The third-order valence-electron chi connectivity index (χ3n) is 4.65. The van der Waals surface area contributed by atoms with E-state index in [0.717, 1.165) is 6.16 Å². The Morgan fingerprint density at radius 3 is 1.10 bits per heavy atom. The smallest absolute Gasteiger partial charge is 0 e. The monoisotopic (exact) mass is 455 g/mol. The van der Waals surface area contributed by atoms with E-state index in [1.807, 2.05) is 0 Å². The zero-order valence-corrected chi connectivity index (χ0v) is 18.8. The minimum absolute atomic E-state index is 0. The Balaban J connectivity index is 0.00000240. The number of benzene rings is 4. The normalized spacial score (nSPS) is 10.7. The van der Waals surface area contributed by atoms with Gasteiger partial charge in [0, 0.05) is 16.5 Å². The van der Waals surface area contributed by atoms with Crippen LogP contribution in [-0.2, 0) is 16.5 Å². The van der Waals surface area contributed by atoms with Crippen LogP contribution in [0.2, 0.25) is 0 Å². The molecule has 0 heterocycles. The Bertz CT molecular complexity index is 798. The zero-order valence-electron chi connectivity index (χ0n) is 16.0. The van der Waals surface area contributed by atoms with Gasteiger partial charge >= 0.3 is 0 Å². The van der Waals surface area contributed by atoms with Gasteiger partial charge < -0.3 is 0 Å². The van der Waals surface area contributed by atoms with Gasteiger partial charge in [0.25, 0.3) is 0 Å². The summed E-state index contributed by atoms with van der Waals surface area (Å²) in [7, 11) is -0.876. The van der Waals surface area contributed by atoms with Gasteiger partial charge in [-0.3, -0.25) is 6.16 Å². The Kier molecular flexibility index (Phi) is 8.64. The van der Waals surface area contributed by atoms with E-state index < -0.39 is 15.8 Å². The quantitative estimate of drug-likeness (QED) is 0.198. The third-order valence-corrected chi connectivity index (χ3v) is 9.59. The van der Waals surface area contributed by atoms with E-state index in [-0.39, 0.29) is 16.5 Å². The molecule has 4 rings (SSSR count). The third kappa shape index (κ3) is 5.87. The van der Waals surface area contributed by atoms with Gasteiger partial charge in [0.15, 0.2) is 0 Å². The standard InChI is InChI=1S/C26H23P2.Ni/c1-5-13-23(14-6-1)27(24-15-7-2-8-16-24)21-22-28(25-17-9-3-10-18-25)26-19-11-4-12-20-26;/h1-21H,22H2;/q-1;. The van der Waals surface area contributed by atoms with Crippen LogP contribution in [0.3, 0.4) is 0 Å². The van der Waals surface area contributed by atoms with Crippen LogP contribution in [0.15, 0.2) is 121 Å². The summed E-state index contributed by atoms with van der Waals surface area (Å²) >= 11 is 0. The van der Waals surface area contributed by atoms with Crippen molar-refractivity contribution in [2.45, 2.75) is 0 Å². The average molecular weight is 456 g/mol. The van der Waals surface area contributed by atoms with Gasteiger partial charge in [0.05, 0.1) is 0 Å². The minimum atomic E-state index is -0.473. The van der Waals surface area contributed by atoms with E-state index in [0.29, 0.717) is 0 Å². The molecule has 0 radical (unpaired) electrons. The summed E-state index contributed by atoms with van der Waals surface area (Å²) in [6.45, 7) is 0. The van der Waals surface area contributed by atoms with Crippen molar-refractivity contribution >= 4 is 37.1 Å². The molecule has 0 aliphatic heterocycles. The van der Waals surface area contributed by atoms with E-state index in [9.17, 15) is 0 Å². The maximum Gasteiger partial charge on any atom is 0 e. The molecule has 3 heteroatoms. The molecule has 0 amide bonds. The van der Waals surface area contributed by atoms with Crippen LogP contribution < -0.4 is 21.2 Å². The van der Waals surface area contributed by atoms with Crippen molar-refractivity contribution in [3.8, 4) is 0 Å². The molecular weight excluding hydrogens is 433 g/mol. The fourth-order valence-electron chi connectivity index (χ4n) is 3.28. The maximum atomic E-state index is 2.58. The van der Waals surface area contributed by atoms with E-state index in [1.54, 1.807) is 0 Å². The number of hydrogen-bond acceptors (Lipinski definition) is 0. The summed E-state index contributed by atoms with van der Waals surface area (Å²) in [6, 6.07) is 43.8. The van der Waals surface area contributed by atoms with Crippen molar-refractivity contribution in [2.75, 3.05) is 6.16 Å². The second-order valence-electron chi connectivity index (χ2n) is 6.51. The van der Waals surface area contributed by atoms with Crippen LogP contribution in [0, 0.1) is 6.16 Å². The van der Waals surface area contributed by atoms with Crippen molar-refractivity contribution < 1.29 is 16.5 Å². The molecule has 0 saturated heterocycles. The fourth-order valence-corrected chi connectivity index (χ4v) is 8.07. The molecule has 4 aromatic carbocycles.